The number of amides is 1. The molecule has 0 radical (unpaired) electrons. The van der Waals surface area contributed by atoms with E-state index in [0.717, 1.165) is 11.1 Å². The highest BCUT2D eigenvalue weighted by molar-refractivity contribution is 6.31. The smallest absolute Gasteiger partial charge is 0.250 e. The number of rotatable bonds is 8. The fourth-order valence-corrected chi connectivity index (χ4v) is 3.67. The van der Waals surface area contributed by atoms with Crippen molar-refractivity contribution in [3.05, 3.63) is 99.3 Å². The Balaban J connectivity index is 1.35. The number of aromatic nitrogens is 3. The molecule has 0 spiro atoms. The summed E-state index contributed by atoms with van der Waals surface area (Å²) in [5, 5.41) is 7.42. The maximum atomic E-state index is 12.5. The fourth-order valence-electron chi connectivity index (χ4n) is 3.47. The number of anilines is 1. The average molecular weight is 477 g/mol. The van der Waals surface area contributed by atoms with Crippen LogP contribution in [0.1, 0.15) is 43.2 Å². The van der Waals surface area contributed by atoms with E-state index < -0.39 is 0 Å². The highest BCUT2D eigenvalue weighted by atomic mass is 35.5. The molecule has 0 aliphatic heterocycles. The van der Waals surface area contributed by atoms with Gasteiger partial charge in [-0.25, -0.2) is 0 Å². The van der Waals surface area contributed by atoms with Gasteiger partial charge < -0.3 is 14.4 Å². The molecule has 2 heterocycles. The topological polar surface area (TPSA) is 90.0 Å². The predicted octanol–water partition coefficient (Wildman–Crippen LogP) is 5.29. The van der Waals surface area contributed by atoms with Gasteiger partial charge in [0, 0.05) is 35.7 Å². The number of nitrogens with one attached hydrogen (secondary N) is 1. The van der Waals surface area contributed by atoms with Crippen molar-refractivity contribution in [2.75, 3.05) is 5.32 Å². The fraction of sp³-hybridized carbons (Fsp3) is 0.231. The summed E-state index contributed by atoms with van der Waals surface area (Å²) in [4.78, 5) is 29.1. The number of pyridine rings is 1. The summed E-state index contributed by atoms with van der Waals surface area (Å²) >= 11 is 6.21. The minimum absolute atomic E-state index is 0.164. The standard InChI is InChI=1S/C26H25ClN4O3/c1-17(2)18-7-9-19(10-8-18)26-29-24(34-30-26)13-12-23(32)28-21-11-14-25(33)31(16-21)15-20-5-3-4-6-22(20)27/h3-11,14,16-17H,12-13,15H2,1-2H3,(H,28,32). The van der Waals surface area contributed by atoms with Crippen LogP contribution in [0.25, 0.3) is 11.4 Å². The monoisotopic (exact) mass is 476 g/mol. The molecule has 2 aromatic carbocycles. The Morgan fingerprint density at radius 2 is 1.85 bits per heavy atom. The van der Waals surface area contributed by atoms with Gasteiger partial charge in [0.05, 0.1) is 12.2 Å². The molecular formula is C26H25ClN4O3. The maximum absolute atomic E-state index is 12.5. The molecule has 34 heavy (non-hydrogen) atoms. The van der Waals surface area contributed by atoms with Gasteiger partial charge in [-0.1, -0.05) is 73.1 Å². The van der Waals surface area contributed by atoms with Gasteiger partial charge >= 0.3 is 0 Å². The Morgan fingerprint density at radius 3 is 2.59 bits per heavy atom. The summed E-state index contributed by atoms with van der Waals surface area (Å²) in [5.41, 5.74) is 3.26. The third kappa shape index (κ3) is 5.80. The van der Waals surface area contributed by atoms with Gasteiger partial charge in [-0.15, -0.1) is 0 Å². The SMILES string of the molecule is CC(C)c1ccc(-c2noc(CCC(=O)Nc3ccc(=O)n(Cc4ccccc4Cl)c3)n2)cc1. The Morgan fingerprint density at radius 1 is 1.09 bits per heavy atom. The Hall–Kier alpha value is -3.71. The minimum Gasteiger partial charge on any atom is -0.339 e. The Kier molecular flexibility index (Phi) is 7.23. The number of hydrogen-bond donors (Lipinski definition) is 1. The zero-order chi connectivity index (χ0) is 24.1. The van der Waals surface area contributed by atoms with Crippen molar-refractivity contribution in [3.8, 4) is 11.4 Å². The van der Waals surface area contributed by atoms with Crippen LogP contribution in [0, 0.1) is 0 Å². The molecule has 0 atom stereocenters. The van der Waals surface area contributed by atoms with Crippen molar-refractivity contribution in [1.29, 1.82) is 0 Å². The highest BCUT2D eigenvalue weighted by Gasteiger charge is 2.12. The van der Waals surface area contributed by atoms with E-state index in [1.807, 2.05) is 30.3 Å². The first-order valence-corrected chi connectivity index (χ1v) is 11.4. The summed E-state index contributed by atoms with van der Waals surface area (Å²) in [6.07, 6.45) is 2.08. The summed E-state index contributed by atoms with van der Waals surface area (Å²) in [7, 11) is 0. The van der Waals surface area contributed by atoms with E-state index in [4.69, 9.17) is 16.1 Å². The van der Waals surface area contributed by atoms with Gasteiger partial charge in [-0.05, 0) is 29.2 Å². The second-order valence-electron chi connectivity index (χ2n) is 8.31. The summed E-state index contributed by atoms with van der Waals surface area (Å²) in [5.74, 6) is 1.12. The lowest BCUT2D eigenvalue weighted by Gasteiger charge is -2.10. The van der Waals surface area contributed by atoms with Crippen LogP contribution >= 0.6 is 11.6 Å². The number of carbonyl (C=O) groups excluding carboxylic acids is 1. The highest BCUT2D eigenvalue weighted by Crippen LogP contribution is 2.21. The molecule has 0 saturated heterocycles. The van der Waals surface area contributed by atoms with Crippen LogP contribution < -0.4 is 10.9 Å². The van der Waals surface area contributed by atoms with E-state index in [2.05, 4.69) is 41.4 Å². The third-order valence-electron chi connectivity index (χ3n) is 5.44. The van der Waals surface area contributed by atoms with E-state index in [1.165, 1.54) is 16.2 Å². The second kappa shape index (κ2) is 10.5. The van der Waals surface area contributed by atoms with Crippen LogP contribution in [0.4, 0.5) is 5.69 Å². The molecule has 0 unspecified atom stereocenters. The molecule has 8 heteroatoms. The summed E-state index contributed by atoms with van der Waals surface area (Å²) in [6, 6.07) is 18.4. The lowest BCUT2D eigenvalue weighted by atomic mass is 10.0. The van der Waals surface area contributed by atoms with Crippen molar-refractivity contribution in [2.45, 2.75) is 39.2 Å². The van der Waals surface area contributed by atoms with Gasteiger partial charge in [-0.3, -0.25) is 9.59 Å². The van der Waals surface area contributed by atoms with Gasteiger partial charge in [0.1, 0.15) is 0 Å². The molecule has 0 bridgehead atoms. The van der Waals surface area contributed by atoms with E-state index in [-0.39, 0.29) is 17.9 Å². The third-order valence-corrected chi connectivity index (χ3v) is 5.80. The van der Waals surface area contributed by atoms with Crippen LogP contribution in [0.3, 0.4) is 0 Å². The van der Waals surface area contributed by atoms with Gasteiger partial charge in [0.15, 0.2) is 0 Å². The van der Waals surface area contributed by atoms with Crippen LogP contribution in [0.5, 0.6) is 0 Å². The van der Waals surface area contributed by atoms with Crippen LogP contribution in [0.2, 0.25) is 5.02 Å². The number of benzene rings is 2. The molecule has 0 fully saturated rings. The quantitative estimate of drug-likeness (QED) is 0.373. The second-order valence-corrected chi connectivity index (χ2v) is 8.72. The molecule has 4 aromatic rings. The molecule has 174 valence electrons. The van der Waals surface area contributed by atoms with E-state index in [1.54, 1.807) is 18.3 Å². The molecule has 4 rings (SSSR count). The Labute approximate surface area is 202 Å². The number of hydrogen-bond acceptors (Lipinski definition) is 5. The lowest BCUT2D eigenvalue weighted by molar-refractivity contribution is -0.116. The summed E-state index contributed by atoms with van der Waals surface area (Å²) < 4.78 is 6.82. The van der Waals surface area contributed by atoms with Crippen LogP contribution in [-0.2, 0) is 17.8 Å². The van der Waals surface area contributed by atoms with Crippen LogP contribution in [0.15, 0.2) is 76.2 Å². The van der Waals surface area contributed by atoms with Crippen molar-refractivity contribution in [3.63, 3.8) is 0 Å². The minimum atomic E-state index is -0.219. The van der Waals surface area contributed by atoms with Crippen molar-refractivity contribution < 1.29 is 9.32 Å². The first-order chi connectivity index (χ1) is 16.4. The van der Waals surface area contributed by atoms with Crippen LogP contribution in [-0.4, -0.2) is 20.6 Å². The first-order valence-electron chi connectivity index (χ1n) is 11.1. The first kappa shape index (κ1) is 23.4. The van der Waals surface area contributed by atoms with E-state index in [9.17, 15) is 9.59 Å². The predicted molar refractivity (Wildman–Crippen MR) is 132 cm³/mol. The molecule has 0 aliphatic carbocycles. The number of aryl methyl sites for hydroxylation is 1. The van der Waals surface area contributed by atoms with Gasteiger partial charge in [-0.2, -0.15) is 4.98 Å². The molecule has 0 saturated carbocycles. The molecular weight excluding hydrogens is 452 g/mol. The lowest BCUT2D eigenvalue weighted by Crippen LogP contribution is -2.21. The largest absolute Gasteiger partial charge is 0.339 e. The molecule has 1 N–H and O–H groups in total. The normalized spacial score (nSPS) is 11.1. The molecule has 0 aliphatic rings. The van der Waals surface area contributed by atoms with Crippen molar-refractivity contribution in [1.82, 2.24) is 14.7 Å². The zero-order valence-corrected chi connectivity index (χ0v) is 19.7. The van der Waals surface area contributed by atoms with Gasteiger partial charge in [0.25, 0.3) is 5.56 Å². The number of nitrogens with zero attached hydrogens (tertiary/aromatic N) is 3. The number of halogens is 1. The maximum Gasteiger partial charge on any atom is 0.250 e. The molecule has 2 aromatic heterocycles. The van der Waals surface area contributed by atoms with Gasteiger partial charge in [0.2, 0.25) is 17.6 Å². The zero-order valence-electron chi connectivity index (χ0n) is 19.0. The van der Waals surface area contributed by atoms with E-state index in [0.29, 0.717) is 41.3 Å². The van der Waals surface area contributed by atoms with Crippen molar-refractivity contribution >= 4 is 23.2 Å². The van der Waals surface area contributed by atoms with E-state index >= 15 is 0 Å². The average Bonchev–Trinajstić information content (AvgIpc) is 3.30. The molecule has 1 amide bonds. The molecule has 7 nitrogen and oxygen atoms in total. The van der Waals surface area contributed by atoms with Crippen molar-refractivity contribution in [2.24, 2.45) is 0 Å². The Bertz CT molecular complexity index is 1340. The summed E-state index contributed by atoms with van der Waals surface area (Å²) in [6.45, 7) is 4.59. The number of carbonyl (C=O) groups is 1.